The third kappa shape index (κ3) is 4.12. The summed E-state index contributed by atoms with van der Waals surface area (Å²) in [5, 5.41) is 3.01. The monoisotopic (exact) mass is 241 g/mol. The van der Waals surface area contributed by atoms with Gasteiger partial charge in [0.05, 0.1) is 11.6 Å². The zero-order chi connectivity index (χ0) is 12.9. The van der Waals surface area contributed by atoms with Crippen molar-refractivity contribution in [2.75, 3.05) is 0 Å². The van der Waals surface area contributed by atoms with Crippen molar-refractivity contribution in [1.82, 2.24) is 5.32 Å². The minimum absolute atomic E-state index is 0.107. The van der Waals surface area contributed by atoms with Crippen LogP contribution in [0.15, 0.2) is 24.3 Å². The smallest absolute Gasteiger partial charge is 0.300 e. The van der Waals surface area contributed by atoms with Gasteiger partial charge < -0.3 is 0 Å². The van der Waals surface area contributed by atoms with Crippen LogP contribution in [0, 0.1) is 12.3 Å². The molecule has 0 aromatic heterocycles. The van der Waals surface area contributed by atoms with Crippen LogP contribution in [0.4, 0.5) is 13.2 Å². The van der Waals surface area contributed by atoms with E-state index >= 15 is 0 Å². The molecule has 0 saturated carbocycles. The van der Waals surface area contributed by atoms with Gasteiger partial charge in [-0.25, -0.2) is 0 Å². The molecule has 1 rings (SSSR count). The molecule has 92 valence electrons. The summed E-state index contributed by atoms with van der Waals surface area (Å²) in [4.78, 5) is 0. The minimum atomic E-state index is -4.30. The summed E-state index contributed by atoms with van der Waals surface area (Å²) in [7, 11) is 0. The van der Waals surface area contributed by atoms with Crippen LogP contribution in [0.2, 0.25) is 0 Å². The van der Waals surface area contributed by atoms with Crippen LogP contribution in [0.5, 0.6) is 0 Å². The predicted molar refractivity (Wildman–Crippen MR) is 61.2 cm³/mol. The molecule has 0 saturated heterocycles. The molecule has 0 bridgehead atoms. The van der Waals surface area contributed by atoms with Gasteiger partial charge in [0.15, 0.2) is 0 Å². The fraction of sp³-hybridized carbons (Fsp3) is 0.385. The highest BCUT2D eigenvalue weighted by molar-refractivity contribution is 5.25. The van der Waals surface area contributed by atoms with Crippen molar-refractivity contribution < 1.29 is 13.2 Å². The number of hydrogen-bond acceptors (Lipinski definition) is 1. The summed E-state index contributed by atoms with van der Waals surface area (Å²) < 4.78 is 37.3. The maximum atomic E-state index is 12.4. The van der Waals surface area contributed by atoms with Gasteiger partial charge in [-0.2, -0.15) is 13.2 Å². The molecule has 1 nitrogen and oxygen atoms in total. The molecule has 0 spiro atoms. The average Bonchev–Trinajstić information content (AvgIpc) is 2.30. The molecule has 1 aromatic carbocycles. The summed E-state index contributed by atoms with van der Waals surface area (Å²) >= 11 is 0. The molecular formula is C13H14F3N. The second-order valence-corrected chi connectivity index (χ2v) is 3.71. The van der Waals surface area contributed by atoms with Crippen molar-refractivity contribution in [3.63, 3.8) is 0 Å². The van der Waals surface area contributed by atoms with E-state index in [1.54, 1.807) is 6.07 Å². The molecule has 0 aliphatic carbocycles. The number of rotatable bonds is 4. The molecule has 0 aliphatic rings. The van der Waals surface area contributed by atoms with Crippen molar-refractivity contribution in [3.05, 3.63) is 35.4 Å². The average molecular weight is 241 g/mol. The van der Waals surface area contributed by atoms with E-state index in [4.69, 9.17) is 6.42 Å². The van der Waals surface area contributed by atoms with Crippen LogP contribution in [0.1, 0.15) is 24.5 Å². The fourth-order valence-corrected chi connectivity index (χ4v) is 1.42. The van der Waals surface area contributed by atoms with Gasteiger partial charge in [0.25, 0.3) is 0 Å². The maximum absolute atomic E-state index is 12.4. The van der Waals surface area contributed by atoms with Gasteiger partial charge in [0, 0.05) is 6.54 Å². The van der Waals surface area contributed by atoms with Crippen molar-refractivity contribution in [1.29, 1.82) is 0 Å². The Morgan fingerprint density at radius 3 is 2.65 bits per heavy atom. The Bertz CT molecular complexity index is 404. The fourth-order valence-electron chi connectivity index (χ4n) is 1.42. The van der Waals surface area contributed by atoms with E-state index in [2.05, 4.69) is 11.2 Å². The van der Waals surface area contributed by atoms with Crippen LogP contribution in [0.3, 0.4) is 0 Å². The summed E-state index contributed by atoms with van der Waals surface area (Å²) in [6.45, 7) is 2.26. The number of halogens is 3. The molecule has 4 heteroatoms. The topological polar surface area (TPSA) is 12.0 Å². The van der Waals surface area contributed by atoms with Gasteiger partial charge in [0.1, 0.15) is 0 Å². The zero-order valence-corrected chi connectivity index (χ0v) is 9.51. The number of nitrogens with one attached hydrogen (secondary N) is 1. The third-order valence-corrected chi connectivity index (χ3v) is 2.42. The van der Waals surface area contributed by atoms with E-state index in [-0.39, 0.29) is 6.04 Å². The van der Waals surface area contributed by atoms with Crippen LogP contribution >= 0.6 is 0 Å². The minimum Gasteiger partial charge on any atom is -0.300 e. The first-order chi connectivity index (χ1) is 7.97. The van der Waals surface area contributed by atoms with Crippen LogP contribution in [-0.2, 0) is 12.7 Å². The van der Waals surface area contributed by atoms with Crippen LogP contribution < -0.4 is 5.32 Å². The van der Waals surface area contributed by atoms with Gasteiger partial charge in [-0.05, 0) is 18.1 Å². The van der Waals surface area contributed by atoms with Gasteiger partial charge >= 0.3 is 6.18 Å². The van der Waals surface area contributed by atoms with Gasteiger partial charge in [0.2, 0.25) is 0 Å². The van der Waals surface area contributed by atoms with E-state index in [9.17, 15) is 13.2 Å². The molecule has 1 aromatic rings. The lowest BCUT2D eigenvalue weighted by molar-refractivity contribution is -0.137. The number of benzene rings is 1. The molecule has 1 unspecified atom stereocenters. The quantitative estimate of drug-likeness (QED) is 0.798. The van der Waals surface area contributed by atoms with Crippen LogP contribution in [-0.4, -0.2) is 6.04 Å². The number of alkyl halides is 3. The summed E-state index contributed by atoms with van der Waals surface area (Å²) in [6, 6.07) is 5.13. The molecule has 0 amide bonds. The second-order valence-electron chi connectivity index (χ2n) is 3.71. The molecule has 0 aliphatic heterocycles. The predicted octanol–water partition coefficient (Wildman–Crippen LogP) is 3.21. The van der Waals surface area contributed by atoms with Crippen molar-refractivity contribution >= 4 is 0 Å². The highest BCUT2D eigenvalue weighted by Gasteiger charge is 2.30. The maximum Gasteiger partial charge on any atom is 0.416 e. The van der Waals surface area contributed by atoms with Gasteiger partial charge in [-0.3, -0.25) is 5.32 Å². The Morgan fingerprint density at radius 1 is 1.41 bits per heavy atom. The number of terminal acetylenes is 1. The second kappa shape index (κ2) is 5.74. The van der Waals surface area contributed by atoms with Crippen molar-refractivity contribution in [2.24, 2.45) is 0 Å². The summed E-state index contributed by atoms with van der Waals surface area (Å²) in [6.07, 6.45) is 1.70. The molecule has 0 fully saturated rings. The Labute approximate surface area is 99.0 Å². The molecular weight excluding hydrogens is 227 g/mol. The van der Waals surface area contributed by atoms with Crippen molar-refractivity contribution in [2.45, 2.75) is 32.1 Å². The highest BCUT2D eigenvalue weighted by atomic mass is 19.4. The van der Waals surface area contributed by atoms with Gasteiger partial charge in [-0.1, -0.05) is 31.0 Å². The molecule has 1 atom stereocenters. The number of hydrogen-bond donors (Lipinski definition) is 1. The third-order valence-electron chi connectivity index (χ3n) is 2.42. The first-order valence-corrected chi connectivity index (χ1v) is 5.33. The standard InChI is InChI=1S/C13H14F3N/c1-3-12(4-2)17-9-10-6-5-7-11(8-10)13(14,15)16/h1,5-8,12,17H,4,9H2,2H3. The zero-order valence-electron chi connectivity index (χ0n) is 9.51. The first-order valence-electron chi connectivity index (χ1n) is 5.33. The molecule has 0 radical (unpaired) electrons. The highest BCUT2D eigenvalue weighted by Crippen LogP contribution is 2.29. The lowest BCUT2D eigenvalue weighted by atomic mass is 10.1. The largest absolute Gasteiger partial charge is 0.416 e. The normalized spacial score (nSPS) is 13.1. The van der Waals surface area contributed by atoms with E-state index in [1.165, 1.54) is 6.07 Å². The van der Waals surface area contributed by atoms with E-state index in [0.717, 1.165) is 18.6 Å². The Kier molecular flexibility index (Phi) is 4.59. The Balaban J connectivity index is 2.70. The van der Waals surface area contributed by atoms with E-state index < -0.39 is 11.7 Å². The van der Waals surface area contributed by atoms with Gasteiger partial charge in [-0.15, -0.1) is 6.42 Å². The van der Waals surface area contributed by atoms with Crippen LogP contribution in [0.25, 0.3) is 0 Å². The molecule has 0 heterocycles. The van der Waals surface area contributed by atoms with E-state index in [1.807, 2.05) is 6.92 Å². The first kappa shape index (κ1) is 13.6. The lowest BCUT2D eigenvalue weighted by Crippen LogP contribution is -2.26. The lowest BCUT2D eigenvalue weighted by Gasteiger charge is -2.12. The van der Waals surface area contributed by atoms with Crippen molar-refractivity contribution in [3.8, 4) is 12.3 Å². The summed E-state index contributed by atoms with van der Waals surface area (Å²) in [5.74, 6) is 2.53. The SMILES string of the molecule is C#CC(CC)NCc1cccc(C(F)(F)F)c1. The Morgan fingerprint density at radius 2 is 2.12 bits per heavy atom. The van der Waals surface area contributed by atoms with E-state index in [0.29, 0.717) is 12.1 Å². The summed E-state index contributed by atoms with van der Waals surface area (Å²) in [5.41, 5.74) is -0.0564. The molecule has 17 heavy (non-hydrogen) atoms. The molecule has 1 N–H and O–H groups in total. The Hall–Kier alpha value is -1.47.